The molecule has 0 heterocycles. The molecule has 0 aliphatic carbocycles. The third kappa shape index (κ3) is 6.81. The first-order chi connectivity index (χ1) is 14.3. The number of alkyl halides is 3. The molecule has 0 aliphatic heterocycles. The minimum atomic E-state index is -4.54. The molecule has 0 fully saturated rings. The van der Waals surface area contributed by atoms with Gasteiger partial charge in [0.05, 0.1) is 27.1 Å². The molecule has 1 N–H and O–H groups in total. The molecule has 0 spiro atoms. The van der Waals surface area contributed by atoms with Gasteiger partial charge < -0.3 is 14.2 Å². The van der Waals surface area contributed by atoms with Gasteiger partial charge in [-0.3, -0.25) is 4.79 Å². The minimum Gasteiger partial charge on any atom is -0.427 e. The molecule has 0 radical (unpaired) electrons. The standard InChI is InChI=1S/C21H22F3NO5S/c1-13-8-9-15(21(22,23)24)11-17(13)25-31(28)16-7-5-6-14(10-16)18(26)29-12-30-19(27)20(2,3)4/h5-11,25H,12H2,1-4H3. The van der Waals surface area contributed by atoms with Gasteiger partial charge in [0, 0.05) is 0 Å². The molecule has 2 aromatic rings. The van der Waals surface area contributed by atoms with Crippen LogP contribution in [0.15, 0.2) is 47.4 Å². The quantitative estimate of drug-likeness (QED) is 0.495. The van der Waals surface area contributed by atoms with Crippen LogP contribution in [-0.2, 0) is 31.4 Å². The maximum Gasteiger partial charge on any atom is 0.416 e. The van der Waals surface area contributed by atoms with E-state index in [9.17, 15) is 27.0 Å². The summed E-state index contributed by atoms with van der Waals surface area (Å²) in [6.07, 6.45) is -4.54. The Kier molecular flexibility index (Phi) is 7.48. The molecule has 0 saturated carbocycles. The molecule has 6 nitrogen and oxygen atoms in total. The molecule has 10 heteroatoms. The summed E-state index contributed by atoms with van der Waals surface area (Å²) in [4.78, 5) is 24.0. The van der Waals surface area contributed by atoms with Crippen LogP contribution >= 0.6 is 0 Å². The number of hydrogen-bond donors (Lipinski definition) is 1. The van der Waals surface area contributed by atoms with Gasteiger partial charge in [-0.25, -0.2) is 9.00 Å². The number of esters is 2. The smallest absolute Gasteiger partial charge is 0.416 e. The van der Waals surface area contributed by atoms with Crippen molar-refractivity contribution in [2.45, 2.75) is 38.8 Å². The minimum absolute atomic E-state index is 0.0419. The number of halogens is 3. The second-order valence-corrected chi connectivity index (χ2v) is 8.87. The lowest BCUT2D eigenvalue weighted by Gasteiger charge is -2.16. The van der Waals surface area contributed by atoms with Gasteiger partial charge in [0.25, 0.3) is 0 Å². The zero-order valence-electron chi connectivity index (χ0n) is 17.3. The summed E-state index contributed by atoms with van der Waals surface area (Å²) in [5.41, 5.74) is -1.07. The molecule has 1 atom stereocenters. The van der Waals surface area contributed by atoms with E-state index >= 15 is 0 Å². The molecule has 0 bridgehead atoms. The second kappa shape index (κ2) is 9.51. The van der Waals surface area contributed by atoms with Gasteiger partial charge >= 0.3 is 18.1 Å². The summed E-state index contributed by atoms with van der Waals surface area (Å²) in [5.74, 6) is -1.35. The average Bonchev–Trinajstić information content (AvgIpc) is 2.67. The van der Waals surface area contributed by atoms with Crippen molar-refractivity contribution in [3.63, 3.8) is 0 Å². The third-order valence-corrected chi connectivity index (χ3v) is 5.13. The number of rotatable bonds is 6. The monoisotopic (exact) mass is 457 g/mol. The molecular weight excluding hydrogens is 435 g/mol. The Morgan fingerprint density at radius 1 is 1.03 bits per heavy atom. The van der Waals surface area contributed by atoms with Crippen molar-refractivity contribution in [2.24, 2.45) is 5.41 Å². The maximum atomic E-state index is 12.9. The van der Waals surface area contributed by atoms with E-state index in [0.29, 0.717) is 5.56 Å². The molecule has 0 aromatic heterocycles. The zero-order valence-corrected chi connectivity index (χ0v) is 18.1. The summed E-state index contributed by atoms with van der Waals surface area (Å²) in [5, 5.41) is 0. The Labute approximate surface area is 180 Å². The lowest BCUT2D eigenvalue weighted by atomic mass is 9.98. The highest BCUT2D eigenvalue weighted by Crippen LogP contribution is 2.32. The lowest BCUT2D eigenvalue weighted by molar-refractivity contribution is -0.161. The SMILES string of the molecule is Cc1ccc(C(F)(F)F)cc1NS(=O)c1cccc(C(=O)OCOC(=O)C(C)(C)C)c1. The van der Waals surface area contributed by atoms with Crippen molar-refractivity contribution in [2.75, 3.05) is 11.5 Å². The van der Waals surface area contributed by atoms with Gasteiger partial charge in [0.15, 0.2) is 0 Å². The molecule has 0 aliphatic rings. The number of hydrogen-bond acceptors (Lipinski definition) is 5. The van der Waals surface area contributed by atoms with Crippen LogP contribution in [0.3, 0.4) is 0 Å². The Bertz CT molecular complexity index is 999. The fraction of sp³-hybridized carbons (Fsp3) is 0.333. The lowest BCUT2D eigenvalue weighted by Crippen LogP contribution is -2.24. The first kappa shape index (κ1) is 24.4. The van der Waals surface area contributed by atoms with Crippen LogP contribution in [-0.4, -0.2) is 22.9 Å². The van der Waals surface area contributed by atoms with Crippen molar-refractivity contribution in [1.29, 1.82) is 0 Å². The summed E-state index contributed by atoms with van der Waals surface area (Å²) in [6.45, 7) is 5.94. The van der Waals surface area contributed by atoms with Crippen molar-refractivity contribution >= 4 is 28.6 Å². The van der Waals surface area contributed by atoms with Gasteiger partial charge in [-0.05, 0) is 63.6 Å². The topological polar surface area (TPSA) is 81.7 Å². The van der Waals surface area contributed by atoms with Gasteiger partial charge in [-0.1, -0.05) is 12.1 Å². The first-order valence-electron chi connectivity index (χ1n) is 9.10. The predicted octanol–water partition coefficient (Wildman–Crippen LogP) is 4.85. The number of carbonyl (C=O) groups excluding carboxylic acids is 2. The summed E-state index contributed by atoms with van der Waals surface area (Å²) in [6, 6.07) is 8.66. The van der Waals surface area contributed by atoms with Crippen LogP contribution in [0.5, 0.6) is 0 Å². The Balaban J connectivity index is 2.09. The Hall–Kier alpha value is -2.88. The molecule has 1 unspecified atom stereocenters. The van der Waals surface area contributed by atoms with E-state index in [2.05, 4.69) is 4.72 Å². The maximum absolute atomic E-state index is 12.9. The number of anilines is 1. The number of benzene rings is 2. The average molecular weight is 457 g/mol. The highest BCUT2D eigenvalue weighted by Gasteiger charge is 2.31. The third-order valence-electron chi connectivity index (χ3n) is 4.04. The summed E-state index contributed by atoms with van der Waals surface area (Å²) in [7, 11) is -1.94. The Morgan fingerprint density at radius 3 is 2.32 bits per heavy atom. The van der Waals surface area contributed by atoms with E-state index in [1.807, 2.05) is 0 Å². The van der Waals surface area contributed by atoms with Crippen molar-refractivity contribution in [3.05, 3.63) is 59.2 Å². The molecule has 0 amide bonds. The normalized spacial score (nSPS) is 12.7. The number of carbonyl (C=O) groups is 2. The zero-order chi connectivity index (χ0) is 23.4. The summed E-state index contributed by atoms with van der Waals surface area (Å²) < 4.78 is 63.7. The van der Waals surface area contributed by atoms with Crippen LogP contribution in [0.2, 0.25) is 0 Å². The molecular formula is C21H22F3NO5S. The van der Waals surface area contributed by atoms with Gasteiger partial charge in [0.1, 0.15) is 11.0 Å². The summed E-state index contributed by atoms with van der Waals surface area (Å²) >= 11 is 0. The Morgan fingerprint density at radius 2 is 1.71 bits per heavy atom. The molecule has 2 rings (SSSR count). The fourth-order valence-corrected chi connectivity index (χ4v) is 3.22. The van der Waals surface area contributed by atoms with Crippen molar-refractivity contribution < 1.29 is 36.4 Å². The van der Waals surface area contributed by atoms with Crippen LogP contribution in [0.25, 0.3) is 0 Å². The number of nitrogens with one attached hydrogen (secondary N) is 1. The number of ether oxygens (including phenoxy) is 2. The van der Waals surface area contributed by atoms with Crippen LogP contribution in [0.4, 0.5) is 18.9 Å². The van der Waals surface area contributed by atoms with Gasteiger partial charge in [-0.15, -0.1) is 0 Å². The van der Waals surface area contributed by atoms with Crippen LogP contribution in [0, 0.1) is 12.3 Å². The van der Waals surface area contributed by atoms with E-state index in [1.165, 1.54) is 30.3 Å². The largest absolute Gasteiger partial charge is 0.427 e. The van der Waals surface area contributed by atoms with Gasteiger partial charge in [0.2, 0.25) is 6.79 Å². The van der Waals surface area contributed by atoms with E-state index in [0.717, 1.165) is 12.1 Å². The molecule has 2 aromatic carbocycles. The fourth-order valence-electron chi connectivity index (χ4n) is 2.24. The first-order valence-corrected chi connectivity index (χ1v) is 10.2. The van der Waals surface area contributed by atoms with Crippen LogP contribution in [0.1, 0.15) is 42.3 Å². The highest BCUT2D eigenvalue weighted by molar-refractivity contribution is 7.86. The number of aryl methyl sites for hydroxylation is 1. The predicted molar refractivity (Wildman–Crippen MR) is 108 cm³/mol. The second-order valence-electron chi connectivity index (χ2n) is 7.66. The van der Waals surface area contributed by atoms with Gasteiger partial charge in [-0.2, -0.15) is 13.2 Å². The van der Waals surface area contributed by atoms with Crippen molar-refractivity contribution in [3.8, 4) is 0 Å². The van der Waals surface area contributed by atoms with Crippen LogP contribution < -0.4 is 4.72 Å². The molecule has 0 saturated heterocycles. The van der Waals surface area contributed by atoms with E-state index < -0.39 is 46.9 Å². The van der Waals surface area contributed by atoms with E-state index in [-0.39, 0.29) is 16.1 Å². The molecule has 31 heavy (non-hydrogen) atoms. The van der Waals surface area contributed by atoms with Crippen molar-refractivity contribution in [1.82, 2.24) is 0 Å². The van der Waals surface area contributed by atoms with E-state index in [1.54, 1.807) is 27.7 Å². The van der Waals surface area contributed by atoms with E-state index in [4.69, 9.17) is 9.47 Å². The highest BCUT2D eigenvalue weighted by atomic mass is 32.2. The molecule has 168 valence electrons.